The topological polar surface area (TPSA) is 61.4 Å². The van der Waals surface area contributed by atoms with E-state index < -0.39 is 6.10 Å². The van der Waals surface area contributed by atoms with Crippen LogP contribution in [-0.4, -0.2) is 29.7 Å². The van der Waals surface area contributed by atoms with E-state index in [2.05, 4.69) is 10.6 Å². The van der Waals surface area contributed by atoms with Gasteiger partial charge in [-0.25, -0.2) is 0 Å². The van der Waals surface area contributed by atoms with E-state index in [0.717, 1.165) is 18.5 Å². The first-order valence-corrected chi connectivity index (χ1v) is 6.51. The SMILES string of the molecule is CCCC(O)CNC(=O)[C@@H]1Cc2ccccc2N1. The van der Waals surface area contributed by atoms with Gasteiger partial charge in [0, 0.05) is 18.7 Å². The van der Waals surface area contributed by atoms with Gasteiger partial charge in [0.15, 0.2) is 0 Å². The van der Waals surface area contributed by atoms with Crippen LogP contribution in [0.1, 0.15) is 25.3 Å². The molecule has 1 aliphatic heterocycles. The molecule has 1 heterocycles. The van der Waals surface area contributed by atoms with Crippen LogP contribution in [0.25, 0.3) is 0 Å². The largest absolute Gasteiger partial charge is 0.391 e. The summed E-state index contributed by atoms with van der Waals surface area (Å²) in [6.45, 7) is 2.35. The Morgan fingerprint density at radius 3 is 3.06 bits per heavy atom. The van der Waals surface area contributed by atoms with Gasteiger partial charge in [0.2, 0.25) is 5.91 Å². The van der Waals surface area contributed by atoms with Crippen LogP contribution >= 0.6 is 0 Å². The number of hydrogen-bond acceptors (Lipinski definition) is 3. The second-order valence-electron chi connectivity index (χ2n) is 4.75. The number of aliphatic hydroxyl groups excluding tert-OH is 1. The molecule has 0 aliphatic carbocycles. The minimum absolute atomic E-state index is 0.0404. The predicted molar refractivity (Wildman–Crippen MR) is 71.5 cm³/mol. The Morgan fingerprint density at radius 2 is 2.33 bits per heavy atom. The molecule has 0 radical (unpaired) electrons. The van der Waals surface area contributed by atoms with E-state index in [1.807, 2.05) is 31.2 Å². The Kier molecular flexibility index (Phi) is 4.20. The molecule has 1 amide bonds. The Labute approximate surface area is 107 Å². The number of carbonyl (C=O) groups is 1. The van der Waals surface area contributed by atoms with E-state index in [1.165, 1.54) is 5.56 Å². The molecule has 1 aromatic carbocycles. The molecule has 1 unspecified atom stereocenters. The van der Waals surface area contributed by atoms with Crippen LogP contribution in [0, 0.1) is 0 Å². The van der Waals surface area contributed by atoms with Crippen molar-refractivity contribution >= 4 is 11.6 Å². The summed E-state index contributed by atoms with van der Waals surface area (Å²) < 4.78 is 0. The van der Waals surface area contributed by atoms with Crippen LogP contribution in [0.15, 0.2) is 24.3 Å². The molecule has 4 nitrogen and oxygen atoms in total. The monoisotopic (exact) mass is 248 g/mol. The van der Waals surface area contributed by atoms with Gasteiger partial charge in [-0.15, -0.1) is 0 Å². The minimum atomic E-state index is -0.442. The molecule has 0 aromatic heterocycles. The van der Waals surface area contributed by atoms with Gasteiger partial charge in [-0.1, -0.05) is 31.5 Å². The third kappa shape index (κ3) is 3.01. The van der Waals surface area contributed by atoms with Crippen LogP contribution in [0.5, 0.6) is 0 Å². The number of carbonyl (C=O) groups excluding carboxylic acids is 1. The van der Waals surface area contributed by atoms with E-state index in [4.69, 9.17) is 0 Å². The molecule has 0 bridgehead atoms. The maximum absolute atomic E-state index is 11.9. The zero-order chi connectivity index (χ0) is 13.0. The van der Waals surface area contributed by atoms with E-state index in [9.17, 15) is 9.90 Å². The maximum Gasteiger partial charge on any atom is 0.242 e. The molecule has 98 valence electrons. The van der Waals surface area contributed by atoms with E-state index in [0.29, 0.717) is 13.0 Å². The van der Waals surface area contributed by atoms with Gasteiger partial charge < -0.3 is 15.7 Å². The van der Waals surface area contributed by atoms with Crippen molar-refractivity contribution in [1.29, 1.82) is 0 Å². The van der Waals surface area contributed by atoms with Gasteiger partial charge in [-0.2, -0.15) is 0 Å². The molecule has 4 heteroatoms. The van der Waals surface area contributed by atoms with Crippen LogP contribution in [0.2, 0.25) is 0 Å². The molecule has 2 rings (SSSR count). The quantitative estimate of drug-likeness (QED) is 0.736. The lowest BCUT2D eigenvalue weighted by Crippen LogP contribution is -2.41. The third-order valence-corrected chi connectivity index (χ3v) is 3.22. The highest BCUT2D eigenvalue weighted by Gasteiger charge is 2.26. The molecule has 0 saturated carbocycles. The number of amides is 1. The van der Waals surface area contributed by atoms with E-state index in [-0.39, 0.29) is 11.9 Å². The first-order valence-electron chi connectivity index (χ1n) is 6.51. The molecule has 18 heavy (non-hydrogen) atoms. The fraction of sp³-hybridized carbons (Fsp3) is 0.500. The summed E-state index contributed by atoms with van der Waals surface area (Å²) in [7, 11) is 0. The van der Waals surface area contributed by atoms with Gasteiger partial charge in [0.1, 0.15) is 6.04 Å². The van der Waals surface area contributed by atoms with Crippen molar-refractivity contribution in [3.63, 3.8) is 0 Å². The Balaban J connectivity index is 1.82. The van der Waals surface area contributed by atoms with Crippen molar-refractivity contribution in [1.82, 2.24) is 5.32 Å². The van der Waals surface area contributed by atoms with Crippen LogP contribution in [0.3, 0.4) is 0 Å². The highest BCUT2D eigenvalue weighted by molar-refractivity contribution is 5.87. The van der Waals surface area contributed by atoms with E-state index >= 15 is 0 Å². The molecular weight excluding hydrogens is 228 g/mol. The summed E-state index contributed by atoms with van der Waals surface area (Å²) in [6.07, 6.45) is 1.91. The zero-order valence-electron chi connectivity index (χ0n) is 10.6. The van der Waals surface area contributed by atoms with Gasteiger partial charge in [-0.3, -0.25) is 4.79 Å². The fourth-order valence-electron chi connectivity index (χ4n) is 2.23. The van der Waals surface area contributed by atoms with Crippen molar-refractivity contribution in [2.75, 3.05) is 11.9 Å². The molecule has 2 atom stereocenters. The normalized spacial score (nSPS) is 18.9. The first-order chi connectivity index (χ1) is 8.70. The van der Waals surface area contributed by atoms with Gasteiger partial charge >= 0.3 is 0 Å². The Hall–Kier alpha value is -1.55. The van der Waals surface area contributed by atoms with Crippen molar-refractivity contribution in [3.05, 3.63) is 29.8 Å². The lowest BCUT2D eigenvalue weighted by molar-refractivity contribution is -0.122. The lowest BCUT2D eigenvalue weighted by Gasteiger charge is -2.14. The highest BCUT2D eigenvalue weighted by Crippen LogP contribution is 2.24. The summed E-state index contributed by atoms with van der Waals surface area (Å²) in [5, 5.41) is 15.6. The summed E-state index contributed by atoms with van der Waals surface area (Å²) in [6, 6.07) is 7.73. The summed E-state index contributed by atoms with van der Waals surface area (Å²) in [4.78, 5) is 11.9. The molecule has 1 aromatic rings. The average molecular weight is 248 g/mol. The fourth-order valence-corrected chi connectivity index (χ4v) is 2.23. The van der Waals surface area contributed by atoms with Crippen LogP contribution < -0.4 is 10.6 Å². The van der Waals surface area contributed by atoms with E-state index in [1.54, 1.807) is 0 Å². The second kappa shape index (κ2) is 5.87. The summed E-state index contributed by atoms with van der Waals surface area (Å²) >= 11 is 0. The molecule has 0 saturated heterocycles. The van der Waals surface area contributed by atoms with Crippen molar-refractivity contribution in [2.24, 2.45) is 0 Å². The van der Waals surface area contributed by atoms with Crippen molar-refractivity contribution < 1.29 is 9.90 Å². The van der Waals surface area contributed by atoms with Crippen molar-refractivity contribution in [2.45, 2.75) is 38.3 Å². The predicted octanol–water partition coefficient (Wildman–Crippen LogP) is 1.30. The Morgan fingerprint density at radius 1 is 1.56 bits per heavy atom. The minimum Gasteiger partial charge on any atom is -0.391 e. The second-order valence-corrected chi connectivity index (χ2v) is 4.75. The number of para-hydroxylation sites is 1. The van der Waals surface area contributed by atoms with Gasteiger partial charge in [0.25, 0.3) is 0 Å². The van der Waals surface area contributed by atoms with Gasteiger partial charge in [-0.05, 0) is 18.1 Å². The standard InChI is InChI=1S/C14H20N2O2/c1-2-5-11(17)9-15-14(18)13-8-10-6-3-4-7-12(10)16-13/h3-4,6-7,11,13,16-17H,2,5,8-9H2,1H3,(H,15,18)/t11?,13-/m0/s1. The summed E-state index contributed by atoms with van der Waals surface area (Å²) in [5.74, 6) is -0.0404. The van der Waals surface area contributed by atoms with Crippen LogP contribution in [0.4, 0.5) is 5.69 Å². The number of benzene rings is 1. The molecule has 0 spiro atoms. The highest BCUT2D eigenvalue weighted by atomic mass is 16.3. The number of nitrogens with one attached hydrogen (secondary N) is 2. The molecule has 3 N–H and O–H groups in total. The molecular formula is C14H20N2O2. The summed E-state index contributed by atoms with van der Waals surface area (Å²) in [5.41, 5.74) is 2.21. The van der Waals surface area contributed by atoms with Gasteiger partial charge in [0.05, 0.1) is 6.10 Å². The number of hydrogen-bond donors (Lipinski definition) is 3. The Bertz CT molecular complexity index is 395. The zero-order valence-corrected chi connectivity index (χ0v) is 10.6. The molecule has 0 fully saturated rings. The number of rotatable bonds is 5. The molecule has 1 aliphatic rings. The number of fused-ring (bicyclic) bond motifs is 1. The smallest absolute Gasteiger partial charge is 0.242 e. The number of anilines is 1. The first kappa shape index (κ1) is 12.9. The maximum atomic E-state index is 11.9. The number of aliphatic hydroxyl groups is 1. The van der Waals surface area contributed by atoms with Crippen molar-refractivity contribution in [3.8, 4) is 0 Å². The lowest BCUT2D eigenvalue weighted by atomic mass is 10.1. The average Bonchev–Trinajstić information content (AvgIpc) is 2.80. The van der Waals surface area contributed by atoms with Crippen LogP contribution in [-0.2, 0) is 11.2 Å². The third-order valence-electron chi connectivity index (χ3n) is 3.22.